The highest BCUT2D eigenvalue weighted by Crippen LogP contribution is 2.30. The van der Waals surface area contributed by atoms with Crippen LogP contribution in [0.5, 0.6) is 0 Å². The monoisotopic (exact) mass is 296 g/mol. The molecule has 0 bridgehead atoms. The molecule has 2 rings (SSSR count). The molecule has 110 valence electrons. The average molecular weight is 296 g/mol. The van der Waals surface area contributed by atoms with Crippen molar-refractivity contribution in [2.24, 2.45) is 11.1 Å². The molecular weight excluding hydrogens is 276 g/mol. The third kappa shape index (κ3) is 3.37. The Morgan fingerprint density at radius 2 is 1.85 bits per heavy atom. The lowest BCUT2D eigenvalue weighted by Crippen LogP contribution is -2.22. The second-order valence-electron chi connectivity index (χ2n) is 5.53. The summed E-state index contributed by atoms with van der Waals surface area (Å²) in [4.78, 5) is 12.0. The van der Waals surface area contributed by atoms with Gasteiger partial charge in [0.1, 0.15) is 0 Å². The van der Waals surface area contributed by atoms with Gasteiger partial charge in [-0.25, -0.2) is 13.6 Å². The maximum Gasteiger partial charge on any atom is 0.238 e. The summed E-state index contributed by atoms with van der Waals surface area (Å²) in [5, 5.41) is 8.00. The van der Waals surface area contributed by atoms with Gasteiger partial charge in [0, 0.05) is 12.1 Å². The van der Waals surface area contributed by atoms with Gasteiger partial charge >= 0.3 is 0 Å². The average Bonchev–Trinajstić information content (AvgIpc) is 2.27. The molecule has 1 fully saturated rings. The maximum atomic E-state index is 11.9. The summed E-state index contributed by atoms with van der Waals surface area (Å²) in [6.07, 6.45) is 3.99. The van der Waals surface area contributed by atoms with E-state index in [0.29, 0.717) is 29.2 Å². The predicted molar refractivity (Wildman–Crippen MR) is 77.9 cm³/mol. The molecule has 1 aromatic rings. The van der Waals surface area contributed by atoms with Gasteiger partial charge in [-0.1, -0.05) is 6.42 Å². The number of aryl methyl sites for hydroxylation is 2. The number of carbonyl (C=O) groups is 1. The van der Waals surface area contributed by atoms with Gasteiger partial charge in [-0.15, -0.1) is 0 Å². The Morgan fingerprint density at radius 1 is 1.30 bits per heavy atom. The van der Waals surface area contributed by atoms with E-state index < -0.39 is 10.0 Å². The molecule has 0 saturated heterocycles. The SMILES string of the molecule is Cc1cc(S(N)(=O)=O)cc(C)c1NC(=O)CC1CCC1. The fourth-order valence-electron chi connectivity index (χ4n) is 2.43. The van der Waals surface area contributed by atoms with Crippen LogP contribution in [0.15, 0.2) is 17.0 Å². The van der Waals surface area contributed by atoms with Gasteiger partial charge in [-0.05, 0) is 55.9 Å². The number of hydrogen-bond acceptors (Lipinski definition) is 3. The minimum absolute atomic E-state index is 0.00995. The largest absolute Gasteiger partial charge is 0.326 e. The van der Waals surface area contributed by atoms with Crippen LogP contribution >= 0.6 is 0 Å². The normalized spacial score (nSPS) is 15.8. The summed E-state index contributed by atoms with van der Waals surface area (Å²) in [5.74, 6) is 0.489. The van der Waals surface area contributed by atoms with Gasteiger partial charge in [0.25, 0.3) is 0 Å². The van der Waals surface area contributed by atoms with Crippen LogP contribution in [0.3, 0.4) is 0 Å². The van der Waals surface area contributed by atoms with E-state index in [9.17, 15) is 13.2 Å². The van der Waals surface area contributed by atoms with Crippen LogP contribution in [0.4, 0.5) is 5.69 Å². The topological polar surface area (TPSA) is 89.3 Å². The number of sulfonamides is 1. The zero-order valence-corrected chi connectivity index (χ0v) is 12.6. The van der Waals surface area contributed by atoms with Crippen LogP contribution in [0.25, 0.3) is 0 Å². The number of primary sulfonamides is 1. The third-order valence-corrected chi connectivity index (χ3v) is 4.69. The first kappa shape index (κ1) is 15.0. The summed E-state index contributed by atoms with van der Waals surface area (Å²) in [6, 6.07) is 2.97. The minimum Gasteiger partial charge on any atom is -0.326 e. The smallest absolute Gasteiger partial charge is 0.238 e. The van der Waals surface area contributed by atoms with Crippen molar-refractivity contribution in [3.8, 4) is 0 Å². The highest BCUT2D eigenvalue weighted by atomic mass is 32.2. The summed E-state index contributed by atoms with van der Waals surface area (Å²) < 4.78 is 22.7. The summed E-state index contributed by atoms with van der Waals surface area (Å²) in [6.45, 7) is 3.53. The van der Waals surface area contributed by atoms with Gasteiger partial charge < -0.3 is 5.32 Å². The number of nitrogens with one attached hydrogen (secondary N) is 1. The number of hydrogen-bond donors (Lipinski definition) is 2. The second-order valence-corrected chi connectivity index (χ2v) is 7.09. The molecule has 0 unspecified atom stereocenters. The van der Waals surface area contributed by atoms with Crippen molar-refractivity contribution in [1.29, 1.82) is 0 Å². The highest BCUT2D eigenvalue weighted by molar-refractivity contribution is 7.89. The van der Waals surface area contributed by atoms with Crippen molar-refractivity contribution in [2.75, 3.05) is 5.32 Å². The van der Waals surface area contributed by atoms with Crippen molar-refractivity contribution >= 4 is 21.6 Å². The summed E-state index contributed by atoms with van der Waals surface area (Å²) in [7, 11) is -3.72. The van der Waals surface area contributed by atoms with Crippen molar-refractivity contribution in [1.82, 2.24) is 0 Å². The minimum atomic E-state index is -3.72. The number of benzene rings is 1. The van der Waals surface area contributed by atoms with Crippen LogP contribution in [0.1, 0.15) is 36.8 Å². The van der Waals surface area contributed by atoms with E-state index in [1.807, 2.05) is 0 Å². The van der Waals surface area contributed by atoms with E-state index in [1.54, 1.807) is 13.8 Å². The molecule has 5 nitrogen and oxygen atoms in total. The molecule has 1 aliphatic carbocycles. The van der Waals surface area contributed by atoms with Crippen LogP contribution < -0.4 is 10.5 Å². The molecule has 0 radical (unpaired) electrons. The predicted octanol–water partition coefficient (Wildman–Crippen LogP) is 2.08. The highest BCUT2D eigenvalue weighted by Gasteiger charge is 2.21. The Balaban J connectivity index is 2.17. The quantitative estimate of drug-likeness (QED) is 0.891. The fourth-order valence-corrected chi connectivity index (χ4v) is 3.12. The molecule has 0 atom stereocenters. The van der Waals surface area contributed by atoms with E-state index in [2.05, 4.69) is 5.32 Å². The van der Waals surface area contributed by atoms with Crippen LogP contribution in [-0.4, -0.2) is 14.3 Å². The zero-order valence-electron chi connectivity index (χ0n) is 11.8. The Kier molecular flexibility index (Phi) is 4.15. The molecular formula is C14H20N2O3S. The number of nitrogens with two attached hydrogens (primary N) is 1. The standard InChI is InChI=1S/C14H20N2O3S/c1-9-6-12(20(15,18)19)7-10(2)14(9)16-13(17)8-11-4-3-5-11/h6-7,11H,3-5,8H2,1-2H3,(H,16,17)(H2,15,18,19). The van der Waals surface area contributed by atoms with E-state index in [1.165, 1.54) is 18.6 Å². The van der Waals surface area contributed by atoms with Crippen molar-refractivity contribution in [2.45, 2.75) is 44.4 Å². The molecule has 20 heavy (non-hydrogen) atoms. The first-order valence-corrected chi connectivity index (χ1v) is 8.26. The molecule has 1 saturated carbocycles. The Bertz CT molecular complexity index is 611. The van der Waals surface area contributed by atoms with Gasteiger partial charge in [0.05, 0.1) is 4.90 Å². The molecule has 1 amide bonds. The second kappa shape index (κ2) is 5.54. The van der Waals surface area contributed by atoms with E-state index in [0.717, 1.165) is 12.8 Å². The number of carbonyl (C=O) groups excluding carboxylic acids is 1. The molecule has 0 heterocycles. The van der Waals surface area contributed by atoms with E-state index in [-0.39, 0.29) is 10.8 Å². The number of anilines is 1. The van der Waals surface area contributed by atoms with Gasteiger partial charge in [-0.2, -0.15) is 0 Å². The Hall–Kier alpha value is -1.40. The zero-order chi connectivity index (χ0) is 14.9. The van der Waals surface area contributed by atoms with Crippen LogP contribution in [-0.2, 0) is 14.8 Å². The van der Waals surface area contributed by atoms with Crippen LogP contribution in [0.2, 0.25) is 0 Å². The fraction of sp³-hybridized carbons (Fsp3) is 0.500. The lowest BCUT2D eigenvalue weighted by Gasteiger charge is -2.24. The lowest BCUT2D eigenvalue weighted by atomic mass is 9.83. The number of amides is 1. The van der Waals surface area contributed by atoms with Gasteiger partial charge in [0.2, 0.25) is 15.9 Å². The summed E-state index contributed by atoms with van der Waals surface area (Å²) >= 11 is 0. The molecule has 1 aromatic carbocycles. The third-order valence-electron chi connectivity index (χ3n) is 3.80. The van der Waals surface area contributed by atoms with Crippen molar-refractivity contribution < 1.29 is 13.2 Å². The Labute approximate surface area is 119 Å². The van der Waals surface area contributed by atoms with Gasteiger partial charge in [0.15, 0.2) is 0 Å². The lowest BCUT2D eigenvalue weighted by molar-refractivity contribution is -0.117. The Morgan fingerprint density at radius 3 is 2.25 bits per heavy atom. The van der Waals surface area contributed by atoms with Crippen molar-refractivity contribution in [3.05, 3.63) is 23.3 Å². The van der Waals surface area contributed by atoms with E-state index in [4.69, 9.17) is 5.14 Å². The first-order chi connectivity index (χ1) is 9.27. The van der Waals surface area contributed by atoms with Crippen molar-refractivity contribution in [3.63, 3.8) is 0 Å². The summed E-state index contributed by atoms with van der Waals surface area (Å²) in [5.41, 5.74) is 2.09. The first-order valence-electron chi connectivity index (χ1n) is 6.71. The molecule has 3 N–H and O–H groups in total. The number of rotatable bonds is 4. The molecule has 6 heteroatoms. The van der Waals surface area contributed by atoms with Gasteiger partial charge in [-0.3, -0.25) is 4.79 Å². The van der Waals surface area contributed by atoms with E-state index >= 15 is 0 Å². The van der Waals surface area contributed by atoms with Crippen LogP contribution in [0, 0.1) is 19.8 Å². The maximum absolute atomic E-state index is 11.9. The molecule has 1 aliphatic rings. The molecule has 0 aromatic heterocycles. The molecule has 0 spiro atoms. The molecule has 0 aliphatic heterocycles.